The second-order valence-electron chi connectivity index (χ2n) is 4.17. The van der Waals surface area contributed by atoms with Gasteiger partial charge in [-0.05, 0) is 38.1 Å². The highest BCUT2D eigenvalue weighted by atomic mass is 32.1. The number of anilines is 1. The minimum absolute atomic E-state index is 0.0732. The zero-order valence-corrected chi connectivity index (χ0v) is 11.9. The molecule has 0 bridgehead atoms. The van der Waals surface area contributed by atoms with E-state index in [0.29, 0.717) is 12.1 Å². The van der Waals surface area contributed by atoms with Crippen molar-refractivity contribution in [3.63, 3.8) is 0 Å². The Kier molecular flexibility index (Phi) is 4.52. The zero-order valence-electron chi connectivity index (χ0n) is 11.1. The molecule has 1 heterocycles. The van der Waals surface area contributed by atoms with Crippen LogP contribution in [-0.2, 0) is 6.54 Å². The van der Waals surface area contributed by atoms with Crippen LogP contribution in [0.3, 0.4) is 0 Å². The Morgan fingerprint density at radius 3 is 2.63 bits per heavy atom. The summed E-state index contributed by atoms with van der Waals surface area (Å²) in [6.45, 7) is 5.33. The van der Waals surface area contributed by atoms with Crippen LogP contribution in [0.1, 0.15) is 28.0 Å². The molecule has 0 saturated heterocycles. The first-order chi connectivity index (χ1) is 9.19. The zero-order chi connectivity index (χ0) is 13.7. The number of hydrogen-bond acceptors (Lipinski definition) is 4. The number of nitrogens with zero attached hydrogens (tertiary/aromatic N) is 1. The number of amides is 1. The Morgan fingerprint density at radius 1 is 1.32 bits per heavy atom. The first-order valence-electron chi connectivity index (χ1n) is 6.22. The summed E-state index contributed by atoms with van der Waals surface area (Å²) in [6, 6.07) is 7.46. The third-order valence-electron chi connectivity index (χ3n) is 2.59. The van der Waals surface area contributed by atoms with Gasteiger partial charge >= 0.3 is 0 Å². The molecule has 0 unspecified atom stereocenters. The fourth-order valence-electron chi connectivity index (χ4n) is 1.69. The Morgan fingerprint density at radius 2 is 2.05 bits per heavy atom. The first-order valence-corrected chi connectivity index (χ1v) is 7.10. The number of aromatic nitrogens is 1. The molecule has 0 aliphatic heterocycles. The SMILES string of the molecule is CCNc1ccc(C(=O)NCc2nc(C)cs2)cc1. The molecule has 0 saturated carbocycles. The molecule has 0 aliphatic rings. The number of carbonyl (C=O) groups excluding carboxylic acids is 1. The van der Waals surface area contributed by atoms with Gasteiger partial charge in [0.1, 0.15) is 5.01 Å². The monoisotopic (exact) mass is 275 g/mol. The molecular formula is C14H17N3OS. The number of nitrogens with one attached hydrogen (secondary N) is 2. The van der Waals surface area contributed by atoms with Crippen LogP contribution in [0.4, 0.5) is 5.69 Å². The summed E-state index contributed by atoms with van der Waals surface area (Å²) in [4.78, 5) is 16.2. The van der Waals surface area contributed by atoms with Crippen LogP contribution in [0.15, 0.2) is 29.6 Å². The maximum Gasteiger partial charge on any atom is 0.251 e. The molecule has 2 aromatic rings. The Hall–Kier alpha value is -1.88. The largest absolute Gasteiger partial charge is 0.385 e. The number of rotatable bonds is 5. The Balaban J connectivity index is 1.92. The fraction of sp³-hybridized carbons (Fsp3) is 0.286. The van der Waals surface area contributed by atoms with Gasteiger partial charge in [-0.1, -0.05) is 0 Å². The Bertz CT molecular complexity index is 548. The van der Waals surface area contributed by atoms with Crippen molar-refractivity contribution in [1.82, 2.24) is 10.3 Å². The van der Waals surface area contributed by atoms with Gasteiger partial charge in [0.05, 0.1) is 6.54 Å². The van der Waals surface area contributed by atoms with E-state index in [9.17, 15) is 4.79 Å². The molecule has 0 fully saturated rings. The van der Waals surface area contributed by atoms with Gasteiger partial charge in [-0.25, -0.2) is 4.98 Å². The van der Waals surface area contributed by atoms with E-state index >= 15 is 0 Å². The molecule has 2 N–H and O–H groups in total. The summed E-state index contributed by atoms with van der Waals surface area (Å²) >= 11 is 1.56. The van der Waals surface area contributed by atoms with Crippen molar-refractivity contribution < 1.29 is 4.79 Å². The molecule has 100 valence electrons. The second kappa shape index (κ2) is 6.33. The first kappa shape index (κ1) is 13.5. The molecule has 0 spiro atoms. The lowest BCUT2D eigenvalue weighted by Gasteiger charge is -2.05. The predicted molar refractivity (Wildman–Crippen MR) is 78.6 cm³/mol. The van der Waals surface area contributed by atoms with Gasteiger partial charge in [-0.2, -0.15) is 0 Å². The van der Waals surface area contributed by atoms with Crippen LogP contribution in [0.2, 0.25) is 0 Å². The van der Waals surface area contributed by atoms with Crippen molar-refractivity contribution in [2.24, 2.45) is 0 Å². The van der Waals surface area contributed by atoms with E-state index in [1.165, 1.54) is 0 Å². The van der Waals surface area contributed by atoms with Gasteiger partial charge < -0.3 is 10.6 Å². The maximum absolute atomic E-state index is 11.9. The number of aryl methyl sites for hydroxylation is 1. The van der Waals surface area contributed by atoms with E-state index in [2.05, 4.69) is 15.6 Å². The van der Waals surface area contributed by atoms with Gasteiger partial charge in [0.25, 0.3) is 5.91 Å². The number of benzene rings is 1. The van der Waals surface area contributed by atoms with Crippen LogP contribution >= 0.6 is 11.3 Å². The van der Waals surface area contributed by atoms with Crippen molar-refractivity contribution in [3.05, 3.63) is 45.9 Å². The fourth-order valence-corrected chi connectivity index (χ4v) is 2.40. The molecule has 0 aliphatic carbocycles. The molecule has 1 amide bonds. The minimum Gasteiger partial charge on any atom is -0.385 e. The quantitative estimate of drug-likeness (QED) is 0.882. The third kappa shape index (κ3) is 3.79. The van der Waals surface area contributed by atoms with Gasteiger partial charge in [0, 0.05) is 28.9 Å². The normalized spacial score (nSPS) is 10.2. The molecule has 19 heavy (non-hydrogen) atoms. The van der Waals surface area contributed by atoms with E-state index in [1.807, 2.05) is 43.5 Å². The standard InChI is InChI=1S/C14H17N3OS/c1-3-15-12-6-4-11(5-7-12)14(18)16-8-13-17-10(2)9-19-13/h4-7,9,15H,3,8H2,1-2H3,(H,16,18). The second-order valence-corrected chi connectivity index (χ2v) is 5.12. The van der Waals surface area contributed by atoms with Crippen molar-refractivity contribution in [2.75, 3.05) is 11.9 Å². The van der Waals surface area contributed by atoms with Crippen LogP contribution in [-0.4, -0.2) is 17.4 Å². The predicted octanol–water partition coefficient (Wildman–Crippen LogP) is 2.81. The number of carbonyl (C=O) groups is 1. The van der Waals surface area contributed by atoms with E-state index in [0.717, 1.165) is 22.9 Å². The van der Waals surface area contributed by atoms with Crippen molar-refractivity contribution in [2.45, 2.75) is 20.4 Å². The van der Waals surface area contributed by atoms with Gasteiger partial charge in [0.15, 0.2) is 0 Å². The third-order valence-corrected chi connectivity index (χ3v) is 3.56. The lowest BCUT2D eigenvalue weighted by molar-refractivity contribution is 0.0951. The molecule has 5 heteroatoms. The Labute approximate surface area is 116 Å². The summed E-state index contributed by atoms with van der Waals surface area (Å²) in [5.41, 5.74) is 2.67. The summed E-state index contributed by atoms with van der Waals surface area (Å²) in [7, 11) is 0. The molecule has 4 nitrogen and oxygen atoms in total. The van der Waals surface area contributed by atoms with Crippen molar-refractivity contribution >= 4 is 22.9 Å². The van der Waals surface area contributed by atoms with Crippen LogP contribution < -0.4 is 10.6 Å². The van der Waals surface area contributed by atoms with Gasteiger partial charge in [0.2, 0.25) is 0 Å². The highest BCUT2D eigenvalue weighted by Crippen LogP contribution is 2.11. The highest BCUT2D eigenvalue weighted by Gasteiger charge is 2.06. The number of hydrogen-bond donors (Lipinski definition) is 2. The molecule has 0 radical (unpaired) electrons. The molecule has 1 aromatic heterocycles. The summed E-state index contributed by atoms with van der Waals surface area (Å²) < 4.78 is 0. The lowest BCUT2D eigenvalue weighted by Crippen LogP contribution is -2.22. The van der Waals surface area contributed by atoms with E-state index in [-0.39, 0.29) is 5.91 Å². The summed E-state index contributed by atoms with van der Waals surface area (Å²) in [5.74, 6) is -0.0732. The molecular weight excluding hydrogens is 258 g/mol. The molecule has 1 aromatic carbocycles. The van der Waals surface area contributed by atoms with Crippen LogP contribution in [0.5, 0.6) is 0 Å². The lowest BCUT2D eigenvalue weighted by atomic mass is 10.2. The molecule has 2 rings (SSSR count). The van der Waals surface area contributed by atoms with Gasteiger partial charge in [-0.3, -0.25) is 4.79 Å². The van der Waals surface area contributed by atoms with E-state index in [4.69, 9.17) is 0 Å². The van der Waals surface area contributed by atoms with Gasteiger partial charge in [-0.15, -0.1) is 11.3 Å². The van der Waals surface area contributed by atoms with E-state index in [1.54, 1.807) is 11.3 Å². The molecule has 0 atom stereocenters. The summed E-state index contributed by atoms with van der Waals surface area (Å²) in [6.07, 6.45) is 0. The highest BCUT2D eigenvalue weighted by molar-refractivity contribution is 7.09. The average Bonchev–Trinajstić information content (AvgIpc) is 2.83. The van der Waals surface area contributed by atoms with Crippen LogP contribution in [0, 0.1) is 6.92 Å². The number of thiazole rings is 1. The van der Waals surface area contributed by atoms with Crippen molar-refractivity contribution in [1.29, 1.82) is 0 Å². The topological polar surface area (TPSA) is 54.0 Å². The minimum atomic E-state index is -0.0732. The average molecular weight is 275 g/mol. The summed E-state index contributed by atoms with van der Waals surface area (Å²) in [5, 5.41) is 8.97. The van der Waals surface area contributed by atoms with Crippen LogP contribution in [0.25, 0.3) is 0 Å². The maximum atomic E-state index is 11.9. The smallest absolute Gasteiger partial charge is 0.251 e. The van der Waals surface area contributed by atoms with Crippen molar-refractivity contribution in [3.8, 4) is 0 Å². The van der Waals surface area contributed by atoms with E-state index < -0.39 is 0 Å².